The van der Waals surface area contributed by atoms with Gasteiger partial charge in [0.05, 0.1) is 6.61 Å². The zero-order chi connectivity index (χ0) is 10.3. The van der Waals surface area contributed by atoms with Gasteiger partial charge in [-0.15, -0.1) is 0 Å². The average Bonchev–Trinajstić information content (AvgIpc) is 2.45. The number of halogens is 1. The lowest BCUT2D eigenvalue weighted by molar-refractivity contribution is 0.289. The molecule has 0 fully saturated rings. The van der Waals surface area contributed by atoms with Crippen LogP contribution in [0.3, 0.4) is 0 Å². The molecule has 3 heteroatoms. The maximum absolute atomic E-state index is 5.70. The van der Waals surface area contributed by atoms with Crippen LogP contribution in [0, 0.1) is 6.92 Å². The van der Waals surface area contributed by atoms with E-state index in [1.807, 2.05) is 35.1 Å². The molecule has 0 saturated heterocycles. The second-order valence-electron chi connectivity index (χ2n) is 4.33. The number of hydrogen-bond donors (Lipinski definition) is 0. The van der Waals surface area contributed by atoms with E-state index < -0.39 is 0 Å². The van der Waals surface area contributed by atoms with Crippen molar-refractivity contribution in [1.29, 1.82) is 0 Å². The Morgan fingerprint density at radius 3 is 2.79 bits per heavy atom. The van der Waals surface area contributed by atoms with E-state index in [1.54, 1.807) is 0 Å². The van der Waals surface area contributed by atoms with E-state index in [0.717, 1.165) is 18.1 Å². The predicted molar refractivity (Wildman–Crippen MR) is 64.3 cm³/mol. The van der Waals surface area contributed by atoms with Crippen LogP contribution in [0.25, 0.3) is 0 Å². The molecule has 0 N–H and O–H groups in total. The van der Waals surface area contributed by atoms with Gasteiger partial charge in [0.25, 0.3) is 0 Å². The highest BCUT2D eigenvalue weighted by Gasteiger charge is 2.36. The maximum Gasteiger partial charge on any atom is 0.192 e. The van der Waals surface area contributed by atoms with Gasteiger partial charge in [-0.2, -0.15) is 0 Å². The van der Waals surface area contributed by atoms with Gasteiger partial charge in [-0.05, 0) is 18.6 Å². The molecule has 76 valence electrons. The van der Waals surface area contributed by atoms with E-state index in [9.17, 15) is 0 Å². The third-order valence-corrected chi connectivity index (χ3v) is 3.13. The molecular formula is C11H13IO2. The Bertz CT molecular complexity index is 372. The van der Waals surface area contributed by atoms with Crippen LogP contribution in [-0.4, -0.2) is 6.61 Å². The van der Waals surface area contributed by atoms with Crippen molar-refractivity contribution in [3.05, 3.63) is 23.3 Å². The maximum atomic E-state index is 5.70. The molecule has 2 nitrogen and oxygen atoms in total. The number of ether oxygens (including phenoxy) is 1. The van der Waals surface area contributed by atoms with Gasteiger partial charge in [-0.3, -0.25) is 0 Å². The quantitative estimate of drug-likeness (QED) is 0.740. The van der Waals surface area contributed by atoms with Crippen LogP contribution in [0.2, 0.25) is 0 Å². The van der Waals surface area contributed by atoms with Gasteiger partial charge in [0, 0.05) is 11.0 Å². The molecule has 0 aliphatic carbocycles. The van der Waals surface area contributed by atoms with Crippen molar-refractivity contribution in [2.24, 2.45) is 0 Å². The van der Waals surface area contributed by atoms with Crippen LogP contribution in [0.4, 0.5) is 0 Å². The van der Waals surface area contributed by atoms with Gasteiger partial charge in [0.2, 0.25) is 0 Å². The van der Waals surface area contributed by atoms with Crippen LogP contribution >= 0.6 is 23.0 Å². The molecule has 0 spiro atoms. The second-order valence-corrected chi connectivity index (χ2v) is 4.77. The molecule has 1 heterocycles. The molecule has 0 radical (unpaired) electrons. The molecule has 0 amide bonds. The first-order valence-corrected chi connectivity index (χ1v) is 5.50. The number of hydrogen-bond acceptors (Lipinski definition) is 2. The van der Waals surface area contributed by atoms with Crippen LogP contribution in [0.5, 0.6) is 11.5 Å². The molecule has 1 aromatic carbocycles. The molecule has 1 aliphatic heterocycles. The smallest absolute Gasteiger partial charge is 0.192 e. The van der Waals surface area contributed by atoms with E-state index in [0.29, 0.717) is 0 Å². The molecule has 1 aromatic rings. The van der Waals surface area contributed by atoms with Crippen molar-refractivity contribution in [2.45, 2.75) is 26.2 Å². The Kier molecular flexibility index (Phi) is 2.37. The van der Waals surface area contributed by atoms with Crippen molar-refractivity contribution in [2.75, 3.05) is 6.61 Å². The monoisotopic (exact) mass is 304 g/mol. The lowest BCUT2D eigenvalue weighted by Crippen LogP contribution is -2.18. The van der Waals surface area contributed by atoms with Crippen LogP contribution in [0.1, 0.15) is 25.0 Å². The highest BCUT2D eigenvalue weighted by Crippen LogP contribution is 2.46. The van der Waals surface area contributed by atoms with Gasteiger partial charge in [0.1, 0.15) is 11.5 Å². The summed E-state index contributed by atoms with van der Waals surface area (Å²) in [7, 11) is 0. The summed E-state index contributed by atoms with van der Waals surface area (Å²) in [5.74, 6) is 1.93. The predicted octanol–water partition coefficient (Wildman–Crippen LogP) is 3.39. The van der Waals surface area contributed by atoms with Crippen LogP contribution in [0.15, 0.2) is 12.1 Å². The minimum Gasteiger partial charge on any atom is -0.492 e. The first-order chi connectivity index (χ1) is 6.56. The molecule has 0 atom stereocenters. The Labute approximate surface area is 98.3 Å². The first kappa shape index (κ1) is 10.1. The van der Waals surface area contributed by atoms with Gasteiger partial charge in [-0.25, -0.2) is 0 Å². The third-order valence-electron chi connectivity index (χ3n) is 2.65. The van der Waals surface area contributed by atoms with E-state index in [1.165, 1.54) is 11.1 Å². The Balaban J connectivity index is 2.66. The first-order valence-electron chi connectivity index (χ1n) is 4.62. The summed E-state index contributed by atoms with van der Waals surface area (Å²) in [4.78, 5) is 0. The Morgan fingerprint density at radius 2 is 2.14 bits per heavy atom. The van der Waals surface area contributed by atoms with Gasteiger partial charge < -0.3 is 7.80 Å². The largest absolute Gasteiger partial charge is 0.492 e. The minimum absolute atomic E-state index is 0.0574. The lowest BCUT2D eigenvalue weighted by atomic mass is 9.85. The van der Waals surface area contributed by atoms with Gasteiger partial charge in [-0.1, -0.05) is 19.9 Å². The van der Waals surface area contributed by atoms with E-state index >= 15 is 0 Å². The van der Waals surface area contributed by atoms with E-state index in [-0.39, 0.29) is 5.41 Å². The van der Waals surface area contributed by atoms with Crippen molar-refractivity contribution in [3.63, 3.8) is 0 Å². The van der Waals surface area contributed by atoms with E-state index in [2.05, 4.69) is 20.8 Å². The van der Waals surface area contributed by atoms with E-state index in [4.69, 9.17) is 7.80 Å². The molecule has 1 aliphatic rings. The SMILES string of the molecule is Cc1ccc(OI)c2c1OCC2(C)C. The Morgan fingerprint density at radius 1 is 1.43 bits per heavy atom. The summed E-state index contributed by atoms with van der Waals surface area (Å²) in [6, 6.07) is 4.05. The number of aryl methyl sites for hydroxylation is 1. The summed E-state index contributed by atoms with van der Waals surface area (Å²) in [5, 5.41) is 0. The minimum atomic E-state index is 0.0574. The fraction of sp³-hybridized carbons (Fsp3) is 0.455. The van der Waals surface area contributed by atoms with Crippen molar-refractivity contribution < 1.29 is 7.80 Å². The molecule has 14 heavy (non-hydrogen) atoms. The highest BCUT2D eigenvalue weighted by molar-refractivity contribution is 14.1. The van der Waals surface area contributed by atoms with Crippen LogP contribution < -0.4 is 7.80 Å². The fourth-order valence-corrected chi connectivity index (χ4v) is 2.25. The highest BCUT2D eigenvalue weighted by atomic mass is 127. The topological polar surface area (TPSA) is 18.5 Å². The zero-order valence-electron chi connectivity index (χ0n) is 8.56. The molecular weight excluding hydrogens is 291 g/mol. The average molecular weight is 304 g/mol. The molecule has 0 bridgehead atoms. The van der Waals surface area contributed by atoms with Crippen molar-refractivity contribution in [1.82, 2.24) is 0 Å². The van der Waals surface area contributed by atoms with Crippen LogP contribution in [-0.2, 0) is 5.41 Å². The molecule has 2 rings (SSSR count). The summed E-state index contributed by atoms with van der Waals surface area (Å²) in [6.07, 6.45) is 0. The molecule has 0 unspecified atom stereocenters. The summed E-state index contributed by atoms with van der Waals surface area (Å²) < 4.78 is 11.0. The normalized spacial score (nSPS) is 17.4. The van der Waals surface area contributed by atoms with Crippen molar-refractivity contribution >= 4 is 23.0 Å². The fourth-order valence-electron chi connectivity index (χ4n) is 1.88. The third kappa shape index (κ3) is 1.38. The summed E-state index contributed by atoms with van der Waals surface area (Å²) >= 11 is 1.92. The molecule has 0 aromatic heterocycles. The summed E-state index contributed by atoms with van der Waals surface area (Å²) in [5.41, 5.74) is 2.44. The Hall–Kier alpha value is -0.450. The molecule has 0 saturated carbocycles. The van der Waals surface area contributed by atoms with Gasteiger partial charge >= 0.3 is 0 Å². The number of fused-ring (bicyclic) bond motifs is 1. The standard InChI is InChI=1S/C11H13IO2/c1-7-4-5-8(14-12)9-10(7)13-6-11(9,2)3/h4-5H,6H2,1-3H3. The zero-order valence-corrected chi connectivity index (χ0v) is 10.7. The summed E-state index contributed by atoms with van der Waals surface area (Å²) in [6.45, 7) is 7.16. The number of rotatable bonds is 1. The van der Waals surface area contributed by atoms with Crippen molar-refractivity contribution in [3.8, 4) is 11.5 Å². The lowest BCUT2D eigenvalue weighted by Gasteiger charge is -2.17. The van der Waals surface area contributed by atoms with Gasteiger partial charge in [0.15, 0.2) is 23.0 Å². The number of benzene rings is 1. The second kappa shape index (κ2) is 3.29.